The Hall–Kier alpha value is -2.47. The van der Waals surface area contributed by atoms with Crippen LogP contribution < -0.4 is 10.6 Å². The van der Waals surface area contributed by atoms with Gasteiger partial charge in [-0.1, -0.05) is 0 Å². The van der Waals surface area contributed by atoms with Crippen LogP contribution in [-0.4, -0.2) is 51.7 Å². The number of H-pyrrole nitrogens is 1. The number of alkyl carbamates (subject to hydrolysis) is 1. The first-order valence-corrected chi connectivity index (χ1v) is 9.52. The number of anilines is 1. The lowest BCUT2D eigenvalue weighted by molar-refractivity contribution is -0.116. The zero-order valence-corrected chi connectivity index (χ0v) is 18.2. The van der Waals surface area contributed by atoms with Crippen LogP contribution in [0.1, 0.15) is 41.5 Å². The highest BCUT2D eigenvalue weighted by molar-refractivity contribution is 7.73. The Morgan fingerprint density at radius 3 is 2.21 bits per heavy atom. The fourth-order valence-electron chi connectivity index (χ4n) is 1.70. The van der Waals surface area contributed by atoms with Crippen LogP contribution >= 0.6 is 23.6 Å². The molecule has 3 amide bonds. The number of nitrogens with zero attached hydrogens (tertiary/aromatic N) is 1. The van der Waals surface area contributed by atoms with E-state index >= 15 is 0 Å². The van der Waals surface area contributed by atoms with E-state index in [4.69, 9.17) is 27.1 Å². The molecule has 0 aliphatic rings. The van der Waals surface area contributed by atoms with Gasteiger partial charge >= 0.3 is 12.2 Å². The predicted octanol–water partition coefficient (Wildman–Crippen LogP) is 3.44. The summed E-state index contributed by atoms with van der Waals surface area (Å²) in [5.74, 6) is -0.918. The molecule has 0 unspecified atom stereocenters. The molecule has 10 nitrogen and oxygen atoms in total. The number of aromatic amines is 1. The molecule has 0 saturated carbocycles. The lowest BCUT2D eigenvalue weighted by Gasteiger charge is -2.27. The summed E-state index contributed by atoms with van der Waals surface area (Å²) in [6.45, 7) is 9.30. The van der Waals surface area contributed by atoms with Gasteiger partial charge in [-0.25, -0.2) is 14.5 Å². The number of nitrogens with one attached hydrogen (secondary N) is 4. The zero-order valence-electron chi connectivity index (χ0n) is 16.6. The second-order valence-corrected chi connectivity index (χ2v) is 9.20. The van der Waals surface area contributed by atoms with Crippen molar-refractivity contribution in [2.75, 3.05) is 11.9 Å². The van der Waals surface area contributed by atoms with Gasteiger partial charge in [0.2, 0.25) is 11.9 Å². The number of hydrogen-bond donors (Lipinski definition) is 4. The number of amides is 3. The number of guanidine groups is 1. The summed E-state index contributed by atoms with van der Waals surface area (Å²) >= 11 is 6.16. The van der Waals surface area contributed by atoms with E-state index in [1.807, 2.05) is 0 Å². The summed E-state index contributed by atoms with van der Waals surface area (Å²) in [5.41, 5.74) is -1.66. The monoisotopic (exact) mass is 431 g/mol. The van der Waals surface area contributed by atoms with Gasteiger partial charge in [-0.3, -0.25) is 15.5 Å². The Bertz CT molecular complexity index is 803. The molecule has 0 spiro atoms. The van der Waals surface area contributed by atoms with Gasteiger partial charge in [-0.05, 0) is 53.8 Å². The summed E-state index contributed by atoms with van der Waals surface area (Å²) in [4.78, 5) is 40.0. The van der Waals surface area contributed by atoms with Crippen LogP contribution in [0.4, 0.5) is 15.4 Å². The summed E-state index contributed by atoms with van der Waals surface area (Å²) in [6, 6.07) is 0. The van der Waals surface area contributed by atoms with Gasteiger partial charge < -0.3 is 19.8 Å². The number of rotatable bonds is 3. The Kier molecular flexibility index (Phi) is 7.70. The fraction of sp³-hybridized carbons (Fsp3) is 0.562. The zero-order chi connectivity index (χ0) is 21.7. The topological polar surface area (TPSA) is 137 Å². The van der Waals surface area contributed by atoms with E-state index in [2.05, 4.69) is 15.6 Å². The third-order valence-corrected chi connectivity index (χ3v) is 3.66. The Labute approximate surface area is 172 Å². The van der Waals surface area contributed by atoms with E-state index in [1.165, 1.54) is 11.3 Å². The van der Waals surface area contributed by atoms with Crippen molar-refractivity contribution in [1.29, 1.82) is 5.41 Å². The van der Waals surface area contributed by atoms with Crippen molar-refractivity contribution in [3.63, 3.8) is 0 Å². The highest BCUT2D eigenvalue weighted by Gasteiger charge is 2.29. The minimum absolute atomic E-state index is 0.357. The van der Waals surface area contributed by atoms with Crippen molar-refractivity contribution in [3.8, 4) is 0 Å². The molecule has 0 aliphatic carbocycles. The molecule has 0 radical (unpaired) electrons. The Morgan fingerprint density at radius 1 is 1.18 bits per heavy atom. The minimum Gasteiger partial charge on any atom is -0.444 e. The molecule has 0 bridgehead atoms. The van der Waals surface area contributed by atoms with Crippen LogP contribution in [0.25, 0.3) is 0 Å². The number of carbonyl (C=O) groups excluding carboxylic acids is 3. The maximum Gasteiger partial charge on any atom is 0.417 e. The number of ether oxygens (including phenoxy) is 2. The molecule has 1 rings (SSSR count). The normalized spacial score (nSPS) is 11.4. The van der Waals surface area contributed by atoms with Gasteiger partial charge in [0, 0.05) is 5.38 Å². The Balaban J connectivity index is 2.89. The maximum absolute atomic E-state index is 12.4. The third kappa shape index (κ3) is 8.95. The van der Waals surface area contributed by atoms with Crippen LogP contribution in [0, 0.1) is 9.36 Å². The van der Waals surface area contributed by atoms with Crippen LogP contribution in [0.3, 0.4) is 0 Å². The molecular formula is C16H25N5O5S2. The first kappa shape index (κ1) is 23.6. The molecule has 4 N–H and O–H groups in total. The largest absolute Gasteiger partial charge is 0.444 e. The average molecular weight is 432 g/mol. The molecule has 156 valence electrons. The molecule has 1 aromatic heterocycles. The molecule has 1 aromatic rings. The maximum atomic E-state index is 12.4. The number of thiazole rings is 1. The first-order valence-electron chi connectivity index (χ1n) is 8.23. The van der Waals surface area contributed by atoms with E-state index in [9.17, 15) is 14.4 Å². The molecule has 0 fully saturated rings. The fourth-order valence-corrected chi connectivity index (χ4v) is 2.46. The highest BCUT2D eigenvalue weighted by atomic mass is 32.1. The van der Waals surface area contributed by atoms with E-state index in [0.29, 0.717) is 14.7 Å². The SMILES string of the molecule is CC(C)(C)OC(=O)NC(=N)N(CC(=O)Nc1csc(=S)[nH]1)C(=O)OC(C)(C)C. The van der Waals surface area contributed by atoms with E-state index in [-0.39, 0.29) is 0 Å². The van der Waals surface area contributed by atoms with E-state index in [1.54, 1.807) is 46.9 Å². The molecule has 12 heteroatoms. The lowest BCUT2D eigenvalue weighted by atomic mass is 10.2. The van der Waals surface area contributed by atoms with Crippen molar-refractivity contribution in [3.05, 3.63) is 9.33 Å². The molecule has 1 heterocycles. The summed E-state index contributed by atoms with van der Waals surface area (Å²) in [6.07, 6.45) is -1.91. The van der Waals surface area contributed by atoms with Crippen molar-refractivity contribution in [2.24, 2.45) is 0 Å². The van der Waals surface area contributed by atoms with Gasteiger partial charge in [0.25, 0.3) is 0 Å². The molecule has 0 aromatic carbocycles. The van der Waals surface area contributed by atoms with Crippen LogP contribution in [-0.2, 0) is 14.3 Å². The van der Waals surface area contributed by atoms with Gasteiger partial charge in [0.05, 0.1) is 0 Å². The van der Waals surface area contributed by atoms with Crippen LogP contribution in [0.2, 0.25) is 0 Å². The van der Waals surface area contributed by atoms with Gasteiger partial charge in [0.15, 0.2) is 3.95 Å². The molecule has 28 heavy (non-hydrogen) atoms. The quantitative estimate of drug-likeness (QED) is 0.329. The summed E-state index contributed by atoms with van der Waals surface area (Å²) < 4.78 is 10.7. The standard InChI is InChI=1S/C16H25N5O5S2/c1-15(2,3)25-12(23)20-11(17)21(14(24)26-16(4,5)6)7-10(22)18-9-8-28-13(27)19-9/h8H,7H2,1-6H3,(H,18,22)(H,19,27)(H2,17,20,23). The van der Waals surface area contributed by atoms with Crippen LogP contribution in [0.5, 0.6) is 0 Å². The third-order valence-electron chi connectivity index (χ3n) is 2.60. The van der Waals surface area contributed by atoms with E-state index < -0.39 is 41.8 Å². The van der Waals surface area contributed by atoms with Gasteiger partial charge in [-0.15, -0.1) is 11.3 Å². The number of hydrogen-bond acceptors (Lipinski definition) is 8. The highest BCUT2D eigenvalue weighted by Crippen LogP contribution is 2.12. The molecule has 0 atom stereocenters. The van der Waals surface area contributed by atoms with Crippen molar-refractivity contribution < 1.29 is 23.9 Å². The molecule has 0 aliphatic heterocycles. The molecule has 0 saturated heterocycles. The van der Waals surface area contributed by atoms with Gasteiger partial charge in [0.1, 0.15) is 23.6 Å². The van der Waals surface area contributed by atoms with E-state index in [0.717, 1.165) is 0 Å². The Morgan fingerprint density at radius 2 is 1.75 bits per heavy atom. The first-order chi connectivity index (χ1) is 12.7. The summed E-state index contributed by atoms with van der Waals surface area (Å²) in [5, 5.41) is 14.2. The van der Waals surface area contributed by atoms with Crippen molar-refractivity contribution in [1.82, 2.24) is 15.2 Å². The average Bonchev–Trinajstić information content (AvgIpc) is 2.85. The number of aromatic nitrogens is 1. The minimum atomic E-state index is -0.970. The second-order valence-electron chi connectivity index (χ2n) is 7.65. The van der Waals surface area contributed by atoms with Crippen LogP contribution in [0.15, 0.2) is 5.38 Å². The second kappa shape index (κ2) is 9.15. The predicted molar refractivity (Wildman–Crippen MR) is 108 cm³/mol. The van der Waals surface area contributed by atoms with Gasteiger partial charge in [-0.2, -0.15) is 0 Å². The number of carbonyl (C=O) groups is 3. The lowest BCUT2D eigenvalue weighted by Crippen LogP contribution is -2.51. The van der Waals surface area contributed by atoms with Crippen molar-refractivity contribution >= 4 is 53.4 Å². The summed E-state index contributed by atoms with van der Waals surface area (Å²) in [7, 11) is 0. The molecular weight excluding hydrogens is 406 g/mol. The smallest absolute Gasteiger partial charge is 0.417 e. The van der Waals surface area contributed by atoms with Crippen molar-refractivity contribution in [2.45, 2.75) is 52.7 Å².